The number of aliphatic hydroxyl groups is 1. The first-order valence-electron chi connectivity index (χ1n) is 6.55. The normalized spacial score (nSPS) is 17.6. The summed E-state index contributed by atoms with van der Waals surface area (Å²) in [4.78, 5) is 4.68. The molecule has 1 aliphatic heterocycles. The Kier molecular flexibility index (Phi) is 3.52. The molecule has 0 saturated carbocycles. The number of hydrogen-bond acceptors (Lipinski definition) is 4. The number of aromatic nitrogens is 2. The smallest absolute Gasteiger partial charge is 0.169 e. The maximum absolute atomic E-state index is 9.46. The van der Waals surface area contributed by atoms with Crippen molar-refractivity contribution < 1.29 is 9.84 Å². The number of imidazole rings is 1. The van der Waals surface area contributed by atoms with Crippen LogP contribution in [0.3, 0.4) is 0 Å². The zero-order valence-corrected chi connectivity index (χ0v) is 11.8. The fourth-order valence-electron chi connectivity index (χ4n) is 2.30. The number of aryl methyl sites for hydroxylation is 1. The summed E-state index contributed by atoms with van der Waals surface area (Å²) in [6.45, 7) is 4.54. The lowest BCUT2D eigenvalue weighted by atomic mass is 9.90. The van der Waals surface area contributed by atoms with Crippen LogP contribution >= 0.6 is 11.8 Å². The van der Waals surface area contributed by atoms with E-state index in [4.69, 9.17) is 4.74 Å². The first kappa shape index (κ1) is 13.0. The van der Waals surface area contributed by atoms with Crippen molar-refractivity contribution in [2.24, 2.45) is 5.41 Å². The maximum atomic E-state index is 9.46. The van der Waals surface area contributed by atoms with E-state index in [1.807, 2.05) is 18.2 Å². The van der Waals surface area contributed by atoms with Crippen LogP contribution in [0, 0.1) is 5.41 Å². The Morgan fingerprint density at radius 1 is 1.42 bits per heavy atom. The van der Waals surface area contributed by atoms with Gasteiger partial charge in [0.25, 0.3) is 0 Å². The standard InChI is InChI=1S/C14H18N2O2S/c1-2-16-12-6-4-3-5-11(12)15-13(16)19-10-14(7-17)8-18-9-14/h3-6,17H,2,7-10H2,1H3. The number of nitrogens with zero attached hydrogens (tertiary/aromatic N) is 2. The molecule has 1 fully saturated rings. The summed E-state index contributed by atoms with van der Waals surface area (Å²) in [5.74, 6) is 0.854. The molecule has 1 saturated heterocycles. The lowest BCUT2D eigenvalue weighted by Gasteiger charge is -2.39. The monoisotopic (exact) mass is 278 g/mol. The second kappa shape index (κ2) is 5.15. The van der Waals surface area contributed by atoms with Crippen molar-refractivity contribution in [3.63, 3.8) is 0 Å². The molecule has 2 heterocycles. The highest BCUT2D eigenvalue weighted by atomic mass is 32.2. The van der Waals surface area contributed by atoms with E-state index in [1.54, 1.807) is 11.8 Å². The topological polar surface area (TPSA) is 47.3 Å². The van der Waals surface area contributed by atoms with Gasteiger partial charge in [-0.3, -0.25) is 0 Å². The highest BCUT2D eigenvalue weighted by Gasteiger charge is 2.38. The molecule has 102 valence electrons. The van der Waals surface area contributed by atoms with E-state index in [9.17, 15) is 5.11 Å². The number of ether oxygens (including phenoxy) is 1. The van der Waals surface area contributed by atoms with Gasteiger partial charge in [0.05, 0.1) is 30.9 Å². The van der Waals surface area contributed by atoms with E-state index in [0.717, 1.165) is 23.0 Å². The van der Waals surface area contributed by atoms with E-state index in [0.29, 0.717) is 13.2 Å². The fraction of sp³-hybridized carbons (Fsp3) is 0.500. The van der Waals surface area contributed by atoms with Crippen molar-refractivity contribution >= 4 is 22.8 Å². The molecule has 2 aromatic rings. The maximum Gasteiger partial charge on any atom is 0.169 e. The Labute approximate surface area is 116 Å². The SMILES string of the molecule is CCn1c(SCC2(CO)COC2)nc2ccccc21. The van der Waals surface area contributed by atoms with Gasteiger partial charge in [0, 0.05) is 17.7 Å². The van der Waals surface area contributed by atoms with Gasteiger partial charge in [0.1, 0.15) is 0 Å². The summed E-state index contributed by atoms with van der Waals surface area (Å²) in [5, 5.41) is 10.5. The number of hydrogen-bond donors (Lipinski definition) is 1. The number of para-hydroxylation sites is 2. The molecule has 4 nitrogen and oxygen atoms in total. The van der Waals surface area contributed by atoms with Crippen LogP contribution in [0.5, 0.6) is 0 Å². The van der Waals surface area contributed by atoms with Crippen molar-refractivity contribution in [1.29, 1.82) is 0 Å². The lowest BCUT2D eigenvalue weighted by Crippen LogP contribution is -2.47. The van der Waals surface area contributed by atoms with Crippen molar-refractivity contribution in [3.8, 4) is 0 Å². The van der Waals surface area contributed by atoms with E-state index < -0.39 is 0 Å². The third kappa shape index (κ3) is 2.26. The third-order valence-electron chi connectivity index (χ3n) is 3.60. The first-order chi connectivity index (χ1) is 9.28. The Bertz CT molecular complexity index is 572. The predicted octanol–water partition coefficient (Wildman–Crippen LogP) is 2.16. The number of benzene rings is 1. The van der Waals surface area contributed by atoms with E-state index in [2.05, 4.69) is 22.5 Å². The molecule has 1 N–H and O–H groups in total. The molecule has 1 aromatic carbocycles. The van der Waals surface area contributed by atoms with Crippen molar-refractivity contribution in [3.05, 3.63) is 24.3 Å². The van der Waals surface area contributed by atoms with Crippen molar-refractivity contribution in [2.75, 3.05) is 25.6 Å². The van der Waals surface area contributed by atoms with Crippen LogP contribution in [-0.2, 0) is 11.3 Å². The average Bonchev–Trinajstić information content (AvgIpc) is 2.75. The molecule has 0 aliphatic carbocycles. The Balaban J connectivity index is 1.84. The molecule has 0 bridgehead atoms. The summed E-state index contributed by atoms with van der Waals surface area (Å²) in [6.07, 6.45) is 0. The summed E-state index contributed by atoms with van der Waals surface area (Å²) >= 11 is 1.72. The molecular weight excluding hydrogens is 260 g/mol. The van der Waals surface area contributed by atoms with Gasteiger partial charge in [0.15, 0.2) is 5.16 Å². The van der Waals surface area contributed by atoms with Crippen LogP contribution < -0.4 is 0 Å². The van der Waals surface area contributed by atoms with Crippen LogP contribution in [0.25, 0.3) is 11.0 Å². The van der Waals surface area contributed by atoms with Gasteiger partial charge in [-0.2, -0.15) is 0 Å². The number of rotatable bonds is 5. The van der Waals surface area contributed by atoms with E-state index in [-0.39, 0.29) is 12.0 Å². The summed E-state index contributed by atoms with van der Waals surface area (Å²) in [6, 6.07) is 8.20. The van der Waals surface area contributed by atoms with Crippen LogP contribution in [0.4, 0.5) is 0 Å². The quantitative estimate of drug-likeness (QED) is 0.851. The van der Waals surface area contributed by atoms with Crippen LogP contribution in [-0.4, -0.2) is 40.2 Å². The van der Waals surface area contributed by atoms with E-state index >= 15 is 0 Å². The van der Waals surface area contributed by atoms with Crippen molar-refractivity contribution in [2.45, 2.75) is 18.6 Å². The van der Waals surface area contributed by atoms with Gasteiger partial charge >= 0.3 is 0 Å². The van der Waals surface area contributed by atoms with Crippen LogP contribution in [0.2, 0.25) is 0 Å². The van der Waals surface area contributed by atoms with Gasteiger partial charge in [-0.25, -0.2) is 4.98 Å². The van der Waals surface area contributed by atoms with E-state index in [1.165, 1.54) is 5.52 Å². The Morgan fingerprint density at radius 3 is 2.84 bits per heavy atom. The second-order valence-electron chi connectivity index (χ2n) is 5.07. The molecule has 1 aliphatic rings. The van der Waals surface area contributed by atoms with Gasteiger partial charge in [0.2, 0.25) is 0 Å². The average molecular weight is 278 g/mol. The Morgan fingerprint density at radius 2 is 2.21 bits per heavy atom. The predicted molar refractivity (Wildman–Crippen MR) is 76.5 cm³/mol. The highest BCUT2D eigenvalue weighted by Crippen LogP contribution is 2.34. The molecule has 5 heteroatoms. The minimum Gasteiger partial charge on any atom is -0.396 e. The summed E-state index contributed by atoms with van der Waals surface area (Å²) in [7, 11) is 0. The van der Waals surface area contributed by atoms with Crippen LogP contribution in [0.1, 0.15) is 6.92 Å². The summed E-state index contributed by atoms with van der Waals surface area (Å²) in [5.41, 5.74) is 2.15. The zero-order valence-electron chi connectivity index (χ0n) is 11.0. The number of thioether (sulfide) groups is 1. The third-order valence-corrected chi connectivity index (χ3v) is 4.92. The van der Waals surface area contributed by atoms with Crippen LogP contribution in [0.15, 0.2) is 29.4 Å². The zero-order chi connectivity index (χ0) is 13.3. The van der Waals surface area contributed by atoms with Crippen molar-refractivity contribution in [1.82, 2.24) is 9.55 Å². The lowest BCUT2D eigenvalue weighted by molar-refractivity contribution is -0.121. The Hall–Kier alpha value is -1.04. The van der Waals surface area contributed by atoms with Gasteiger partial charge in [-0.05, 0) is 19.1 Å². The second-order valence-corrected chi connectivity index (χ2v) is 6.01. The van der Waals surface area contributed by atoms with Gasteiger partial charge < -0.3 is 14.4 Å². The number of aliphatic hydroxyl groups excluding tert-OH is 1. The molecule has 0 radical (unpaired) electrons. The molecule has 0 amide bonds. The van der Waals surface area contributed by atoms with Gasteiger partial charge in [-0.1, -0.05) is 23.9 Å². The summed E-state index contributed by atoms with van der Waals surface area (Å²) < 4.78 is 7.46. The number of fused-ring (bicyclic) bond motifs is 1. The minimum absolute atomic E-state index is 0.0681. The first-order valence-corrected chi connectivity index (χ1v) is 7.53. The molecule has 3 rings (SSSR count). The minimum atomic E-state index is -0.0681. The molecule has 0 spiro atoms. The van der Waals surface area contributed by atoms with Gasteiger partial charge in [-0.15, -0.1) is 0 Å². The molecule has 0 unspecified atom stereocenters. The molecule has 1 aromatic heterocycles. The highest BCUT2D eigenvalue weighted by molar-refractivity contribution is 7.99. The largest absolute Gasteiger partial charge is 0.396 e. The molecule has 19 heavy (non-hydrogen) atoms. The molecule has 0 atom stereocenters. The fourth-order valence-corrected chi connectivity index (χ4v) is 3.54. The molecular formula is C14H18N2O2S.